The first-order chi connectivity index (χ1) is 14.5. The molecule has 3 aromatic rings. The summed E-state index contributed by atoms with van der Waals surface area (Å²) in [6, 6.07) is 7.94. The molecular weight excluding hydrogens is 426 g/mol. The number of aromatic nitrogens is 3. The van der Waals surface area contributed by atoms with E-state index in [0.29, 0.717) is 18.2 Å². The van der Waals surface area contributed by atoms with Gasteiger partial charge in [0.2, 0.25) is 0 Å². The number of fused-ring (bicyclic) bond motifs is 1. The van der Waals surface area contributed by atoms with Crippen molar-refractivity contribution in [1.82, 2.24) is 14.4 Å². The van der Waals surface area contributed by atoms with Gasteiger partial charge in [-0.3, -0.25) is 4.40 Å². The molecule has 7 heteroatoms. The molecule has 166 valence electrons. The smallest absolute Gasteiger partial charge is 0.191 e. The van der Waals surface area contributed by atoms with Crippen LogP contribution in [0.25, 0.3) is 16.8 Å². The Morgan fingerprint density at radius 1 is 1.29 bits per heavy atom. The number of hydrogen-bond donors (Lipinski definition) is 0. The topological polar surface area (TPSA) is 56.5 Å². The molecule has 31 heavy (non-hydrogen) atoms. The van der Waals surface area contributed by atoms with E-state index in [4.69, 9.17) is 21.0 Å². The van der Waals surface area contributed by atoms with Crippen LogP contribution < -0.4 is 0 Å². The lowest BCUT2D eigenvalue weighted by atomic mass is 10.1. The summed E-state index contributed by atoms with van der Waals surface area (Å²) in [6.07, 6.45) is 5.76. The number of carbonyl (C=O) groups excluding carboxylic acids is 1. The fourth-order valence-electron chi connectivity index (χ4n) is 3.32. The van der Waals surface area contributed by atoms with Crippen molar-refractivity contribution in [3.05, 3.63) is 53.2 Å². The highest BCUT2D eigenvalue weighted by Gasteiger charge is 2.37. The fraction of sp³-hybridized carbons (Fsp3) is 0.458. The molecule has 1 aromatic carbocycles. The summed E-state index contributed by atoms with van der Waals surface area (Å²) in [6.45, 7) is 14.2. The van der Waals surface area contributed by atoms with Crippen molar-refractivity contribution < 1.29 is 9.22 Å². The summed E-state index contributed by atoms with van der Waals surface area (Å²) < 4.78 is 8.42. The number of halogens is 1. The number of aldehydes is 1. The molecule has 0 aliphatic rings. The van der Waals surface area contributed by atoms with E-state index in [1.807, 2.05) is 34.9 Å². The van der Waals surface area contributed by atoms with Crippen LogP contribution in [0, 0.1) is 0 Å². The van der Waals surface area contributed by atoms with Crippen molar-refractivity contribution in [1.29, 1.82) is 0 Å². The van der Waals surface area contributed by atoms with Crippen molar-refractivity contribution in [3.63, 3.8) is 0 Å². The fourth-order valence-corrected chi connectivity index (χ4v) is 4.53. The van der Waals surface area contributed by atoms with Crippen LogP contribution in [0.1, 0.15) is 51.4 Å². The van der Waals surface area contributed by atoms with Crippen LogP contribution in [0.2, 0.25) is 23.3 Å². The van der Waals surface area contributed by atoms with Gasteiger partial charge in [0.1, 0.15) is 17.3 Å². The molecular formula is C24H32ClN3O2Si. The summed E-state index contributed by atoms with van der Waals surface area (Å²) in [7, 11) is -1.78. The van der Waals surface area contributed by atoms with E-state index in [-0.39, 0.29) is 11.0 Å². The summed E-state index contributed by atoms with van der Waals surface area (Å²) in [4.78, 5) is 20.2. The molecule has 0 unspecified atom stereocenters. The Hall–Kier alpha value is -2.02. The van der Waals surface area contributed by atoms with Gasteiger partial charge in [-0.2, -0.15) is 0 Å². The Kier molecular flexibility index (Phi) is 7.03. The van der Waals surface area contributed by atoms with Crippen LogP contribution in [0.3, 0.4) is 0 Å². The van der Waals surface area contributed by atoms with Gasteiger partial charge in [-0.05, 0) is 36.2 Å². The Balaban J connectivity index is 1.91. The third-order valence-electron chi connectivity index (χ3n) is 6.30. The molecule has 0 aliphatic heterocycles. The number of imidazole rings is 1. The molecule has 0 radical (unpaired) electrons. The zero-order valence-corrected chi connectivity index (χ0v) is 21.0. The molecule has 3 rings (SSSR count). The van der Waals surface area contributed by atoms with E-state index in [9.17, 15) is 4.79 Å². The maximum atomic E-state index is 10.9. The van der Waals surface area contributed by atoms with Gasteiger partial charge >= 0.3 is 0 Å². The van der Waals surface area contributed by atoms with Gasteiger partial charge in [-0.15, -0.1) is 0 Å². The van der Waals surface area contributed by atoms with E-state index in [1.54, 1.807) is 6.20 Å². The third kappa shape index (κ3) is 5.25. The molecule has 5 nitrogen and oxygen atoms in total. The first-order valence-corrected chi connectivity index (χ1v) is 14.0. The highest BCUT2D eigenvalue weighted by atomic mass is 35.5. The second kappa shape index (κ2) is 9.23. The minimum Gasteiger partial charge on any atom is -0.417 e. The van der Waals surface area contributed by atoms with E-state index in [0.717, 1.165) is 40.9 Å². The highest BCUT2D eigenvalue weighted by molar-refractivity contribution is 6.74. The van der Waals surface area contributed by atoms with E-state index in [1.165, 1.54) is 0 Å². The molecule has 0 amide bonds. The van der Waals surface area contributed by atoms with Crippen molar-refractivity contribution in [3.8, 4) is 11.3 Å². The zero-order valence-electron chi connectivity index (χ0n) is 19.3. The van der Waals surface area contributed by atoms with Crippen LogP contribution in [0.15, 0.2) is 36.7 Å². The number of nitrogens with zero attached hydrogens (tertiary/aromatic N) is 3. The molecule has 0 bridgehead atoms. The van der Waals surface area contributed by atoms with E-state index >= 15 is 0 Å². The summed E-state index contributed by atoms with van der Waals surface area (Å²) in [5, 5.41) is 0.618. The lowest BCUT2D eigenvalue weighted by Crippen LogP contribution is -2.41. The zero-order chi connectivity index (χ0) is 22.8. The predicted octanol–water partition coefficient (Wildman–Crippen LogP) is 6.31. The van der Waals surface area contributed by atoms with Crippen molar-refractivity contribution in [2.45, 2.75) is 64.6 Å². The molecule has 0 saturated carbocycles. The Morgan fingerprint density at radius 2 is 2.03 bits per heavy atom. The number of benzene rings is 1. The monoisotopic (exact) mass is 457 g/mol. The lowest BCUT2D eigenvalue weighted by molar-refractivity contribution is -0.107. The van der Waals surface area contributed by atoms with Crippen LogP contribution in [0.4, 0.5) is 0 Å². The first-order valence-electron chi connectivity index (χ1n) is 10.7. The van der Waals surface area contributed by atoms with Crippen molar-refractivity contribution >= 4 is 31.7 Å². The minimum absolute atomic E-state index is 0.183. The van der Waals surface area contributed by atoms with Crippen molar-refractivity contribution in [2.75, 3.05) is 6.61 Å². The highest BCUT2D eigenvalue weighted by Crippen LogP contribution is 2.37. The quantitative estimate of drug-likeness (QED) is 0.294. The Morgan fingerprint density at radius 3 is 2.71 bits per heavy atom. The average Bonchev–Trinajstić information content (AvgIpc) is 3.06. The Labute approximate surface area is 191 Å². The maximum Gasteiger partial charge on any atom is 0.191 e. The maximum absolute atomic E-state index is 10.9. The normalized spacial score (nSPS) is 13.5. The van der Waals surface area contributed by atoms with Crippen LogP contribution in [0.5, 0.6) is 0 Å². The van der Waals surface area contributed by atoms with Gasteiger partial charge in [0, 0.05) is 30.7 Å². The van der Waals surface area contributed by atoms with E-state index < -0.39 is 8.32 Å². The number of rotatable bonds is 8. The minimum atomic E-state index is -1.78. The lowest BCUT2D eigenvalue weighted by Gasteiger charge is -2.36. The van der Waals surface area contributed by atoms with Gasteiger partial charge in [-0.25, -0.2) is 9.97 Å². The Bertz CT molecular complexity index is 1070. The van der Waals surface area contributed by atoms with Gasteiger partial charge in [0.25, 0.3) is 0 Å². The molecule has 0 fully saturated rings. The van der Waals surface area contributed by atoms with Gasteiger partial charge in [-0.1, -0.05) is 57.5 Å². The molecule has 0 N–H and O–H groups in total. The third-order valence-corrected chi connectivity index (χ3v) is 11.0. The molecule has 2 aromatic heterocycles. The first kappa shape index (κ1) is 23.6. The van der Waals surface area contributed by atoms with Crippen molar-refractivity contribution in [2.24, 2.45) is 0 Å². The average molecular weight is 458 g/mol. The number of carbonyl (C=O) groups is 1. The molecule has 1 atom stereocenters. The second-order valence-corrected chi connectivity index (χ2v) is 14.9. The van der Waals surface area contributed by atoms with Gasteiger partial charge in [0.15, 0.2) is 8.32 Å². The van der Waals surface area contributed by atoms with Gasteiger partial charge < -0.3 is 9.22 Å². The molecule has 0 spiro atoms. The molecule has 0 saturated heterocycles. The summed E-state index contributed by atoms with van der Waals surface area (Å²) in [5.74, 6) is 1.12. The molecule has 0 aliphatic carbocycles. The van der Waals surface area contributed by atoms with Crippen LogP contribution in [-0.2, 0) is 15.6 Å². The second-order valence-electron chi connectivity index (χ2n) is 9.65. The predicted molar refractivity (Wildman–Crippen MR) is 129 cm³/mol. The standard InChI is InChI=1S/C24H32ClN3O2Si/c1-17(11-13-30-31(5,6)24(2,3)4)23-27-22(20-15-26-21(25)16-28(20)23)19-9-7-8-18(14-19)10-12-29/h7-9,12,14-17H,10-11,13H2,1-6H3/t17-/m0/s1. The van der Waals surface area contributed by atoms with E-state index in [2.05, 4.69) is 45.8 Å². The van der Waals surface area contributed by atoms with Gasteiger partial charge in [0.05, 0.1) is 17.4 Å². The number of hydrogen-bond acceptors (Lipinski definition) is 4. The van der Waals surface area contributed by atoms with Crippen LogP contribution in [-0.4, -0.2) is 35.6 Å². The molecule has 2 heterocycles. The van der Waals surface area contributed by atoms with Crippen LogP contribution >= 0.6 is 11.6 Å². The summed E-state index contributed by atoms with van der Waals surface area (Å²) >= 11 is 6.21. The summed E-state index contributed by atoms with van der Waals surface area (Å²) in [5.41, 5.74) is 3.69. The SMILES string of the molecule is C[C@@H](CCO[Si](C)(C)C(C)(C)C)c1nc(-c2cccc(CC=O)c2)c2cnc(Cl)cn12. The largest absolute Gasteiger partial charge is 0.417 e.